The number of hydrogen-bond donors (Lipinski definition) is 0. The lowest BCUT2D eigenvalue weighted by Crippen LogP contribution is -1.85. The molecular weight excluding hydrogens is 134 g/mol. The maximum Gasteiger partial charge on any atom is 0.165 e. The van der Waals surface area contributed by atoms with Crippen molar-refractivity contribution in [3.05, 3.63) is 24.1 Å². The topological polar surface area (TPSA) is 29.4 Å². The Labute approximate surface area is 56.6 Å². The van der Waals surface area contributed by atoms with Gasteiger partial charge in [0, 0.05) is 11.8 Å². The summed E-state index contributed by atoms with van der Waals surface area (Å²) in [4.78, 5) is 0. The Morgan fingerprint density at radius 1 is 1.89 bits per heavy atom. The van der Waals surface area contributed by atoms with Crippen molar-refractivity contribution in [1.82, 2.24) is 0 Å². The number of rotatable bonds is 2. The third-order valence-corrected chi connectivity index (χ3v) is 1.72. The van der Waals surface area contributed by atoms with Crippen LogP contribution in [0.2, 0.25) is 0 Å². The summed E-state index contributed by atoms with van der Waals surface area (Å²) in [6, 6.07) is 0. The van der Waals surface area contributed by atoms with Crippen LogP contribution in [0.15, 0.2) is 28.5 Å². The zero-order valence-electron chi connectivity index (χ0n) is 4.91. The molecular formula is C6H7NOS. The molecule has 0 aromatic carbocycles. The first-order valence-corrected chi connectivity index (χ1v) is 3.77. The van der Waals surface area contributed by atoms with Crippen molar-refractivity contribution in [2.75, 3.05) is 0 Å². The second kappa shape index (κ2) is 2.73. The third-order valence-electron chi connectivity index (χ3n) is 0.938. The largest absolute Gasteiger partial charge is 0.230 e. The van der Waals surface area contributed by atoms with Crippen LogP contribution in [0, 0.1) is 0 Å². The van der Waals surface area contributed by atoms with Gasteiger partial charge in [0.2, 0.25) is 0 Å². The number of allylic oxidation sites excluding steroid dienone is 2. The smallest absolute Gasteiger partial charge is 0.165 e. The minimum atomic E-state index is -1.09. The molecule has 0 fully saturated rings. The van der Waals surface area contributed by atoms with Gasteiger partial charge in [-0.25, -0.2) is 4.21 Å². The fourth-order valence-corrected chi connectivity index (χ4v) is 1.27. The van der Waals surface area contributed by atoms with E-state index in [-0.39, 0.29) is 0 Å². The van der Waals surface area contributed by atoms with Gasteiger partial charge < -0.3 is 0 Å². The molecule has 0 radical (unpaired) electrons. The minimum absolute atomic E-state index is 0.711. The molecule has 1 heterocycles. The van der Waals surface area contributed by atoms with E-state index in [1.807, 2.05) is 0 Å². The Bertz CT molecular complexity index is 205. The molecule has 2 nitrogen and oxygen atoms in total. The molecule has 0 bridgehead atoms. The van der Waals surface area contributed by atoms with Gasteiger partial charge in [0.25, 0.3) is 0 Å². The summed E-state index contributed by atoms with van der Waals surface area (Å²) in [6.45, 7) is 3.54. The molecule has 0 saturated heterocycles. The molecule has 0 saturated carbocycles. The summed E-state index contributed by atoms with van der Waals surface area (Å²) in [6.07, 6.45) is 4.21. The molecule has 1 unspecified atom stereocenters. The normalized spacial score (nSPS) is 24.0. The molecule has 0 aromatic rings. The van der Waals surface area contributed by atoms with Crippen LogP contribution in [-0.4, -0.2) is 9.92 Å². The van der Waals surface area contributed by atoms with Crippen molar-refractivity contribution in [3.8, 4) is 0 Å². The van der Waals surface area contributed by atoms with Crippen LogP contribution >= 0.6 is 0 Å². The summed E-state index contributed by atoms with van der Waals surface area (Å²) in [5, 5.41) is 1.57. The van der Waals surface area contributed by atoms with Crippen LogP contribution in [0.4, 0.5) is 0 Å². The number of nitrogens with zero attached hydrogens (tertiary/aromatic N) is 1. The highest BCUT2D eigenvalue weighted by atomic mass is 32.2. The van der Waals surface area contributed by atoms with Crippen LogP contribution in [0.25, 0.3) is 0 Å². The maximum absolute atomic E-state index is 10.5. The standard InChI is InChI=1S/C6H7NOS/c1-2-3-6-4-5-9(8)7-6/h2,4-5H,1,3H2. The summed E-state index contributed by atoms with van der Waals surface area (Å²) >= 11 is 0. The first-order chi connectivity index (χ1) is 4.33. The Morgan fingerprint density at radius 2 is 2.67 bits per heavy atom. The van der Waals surface area contributed by atoms with Gasteiger partial charge >= 0.3 is 0 Å². The van der Waals surface area contributed by atoms with E-state index in [2.05, 4.69) is 11.0 Å². The molecule has 1 aliphatic heterocycles. The summed E-state index contributed by atoms with van der Waals surface area (Å²) in [5.74, 6) is 0. The molecule has 1 atom stereocenters. The first kappa shape index (κ1) is 6.42. The van der Waals surface area contributed by atoms with Crippen molar-refractivity contribution in [2.24, 2.45) is 4.40 Å². The lowest BCUT2D eigenvalue weighted by molar-refractivity contribution is 0.690. The molecule has 1 rings (SSSR count). The fraction of sp³-hybridized carbons (Fsp3) is 0.167. The van der Waals surface area contributed by atoms with Crippen molar-refractivity contribution in [2.45, 2.75) is 6.42 Å². The zero-order valence-corrected chi connectivity index (χ0v) is 5.73. The minimum Gasteiger partial charge on any atom is -0.230 e. The molecule has 3 heteroatoms. The molecule has 1 aliphatic rings. The second-order valence-electron chi connectivity index (χ2n) is 1.65. The lowest BCUT2D eigenvalue weighted by Gasteiger charge is -1.83. The highest BCUT2D eigenvalue weighted by molar-refractivity contribution is 7.87. The van der Waals surface area contributed by atoms with Gasteiger partial charge in [-0.05, 0) is 6.08 Å². The molecule has 0 N–H and O–H groups in total. The summed E-state index contributed by atoms with van der Waals surface area (Å²) in [7, 11) is -1.09. The van der Waals surface area contributed by atoms with Crippen LogP contribution in [0.1, 0.15) is 6.42 Å². The molecule has 0 amide bonds. The number of hydrogen-bond acceptors (Lipinski definition) is 1. The van der Waals surface area contributed by atoms with Crippen molar-refractivity contribution in [3.63, 3.8) is 0 Å². The van der Waals surface area contributed by atoms with E-state index in [9.17, 15) is 4.21 Å². The molecule has 0 aliphatic carbocycles. The van der Waals surface area contributed by atoms with Gasteiger partial charge in [-0.3, -0.25) is 0 Å². The highest BCUT2D eigenvalue weighted by Crippen LogP contribution is 2.03. The maximum atomic E-state index is 10.5. The summed E-state index contributed by atoms with van der Waals surface area (Å²) in [5.41, 5.74) is 0.850. The SMILES string of the molecule is C=CCC1=NS(=O)C=C1. The highest BCUT2D eigenvalue weighted by Gasteiger charge is 2.01. The summed E-state index contributed by atoms with van der Waals surface area (Å²) < 4.78 is 14.3. The molecule has 0 aromatic heterocycles. The van der Waals surface area contributed by atoms with E-state index in [0.717, 1.165) is 5.71 Å². The molecule has 0 spiro atoms. The van der Waals surface area contributed by atoms with Crippen LogP contribution in [-0.2, 0) is 11.0 Å². The Balaban J connectivity index is 2.63. The average Bonchev–Trinajstić information content (AvgIpc) is 2.17. The van der Waals surface area contributed by atoms with Gasteiger partial charge in [0.15, 0.2) is 11.0 Å². The van der Waals surface area contributed by atoms with E-state index >= 15 is 0 Å². The van der Waals surface area contributed by atoms with E-state index < -0.39 is 11.0 Å². The Morgan fingerprint density at radius 3 is 3.11 bits per heavy atom. The van der Waals surface area contributed by atoms with Crippen LogP contribution in [0.3, 0.4) is 0 Å². The quantitative estimate of drug-likeness (QED) is 0.531. The predicted molar refractivity (Wildman–Crippen MR) is 39.5 cm³/mol. The predicted octanol–water partition coefficient (Wildman–Crippen LogP) is 1.19. The van der Waals surface area contributed by atoms with Gasteiger partial charge in [-0.2, -0.15) is 4.40 Å². The van der Waals surface area contributed by atoms with Crippen molar-refractivity contribution >= 4 is 16.7 Å². The molecule has 48 valence electrons. The van der Waals surface area contributed by atoms with E-state index in [0.29, 0.717) is 6.42 Å². The third kappa shape index (κ3) is 1.61. The lowest BCUT2D eigenvalue weighted by atomic mass is 10.3. The van der Waals surface area contributed by atoms with Crippen molar-refractivity contribution < 1.29 is 4.21 Å². The Kier molecular flexibility index (Phi) is 1.95. The van der Waals surface area contributed by atoms with Crippen LogP contribution < -0.4 is 0 Å². The van der Waals surface area contributed by atoms with E-state index in [1.165, 1.54) is 0 Å². The zero-order chi connectivity index (χ0) is 6.69. The average molecular weight is 141 g/mol. The van der Waals surface area contributed by atoms with Gasteiger partial charge in [-0.1, -0.05) is 6.08 Å². The van der Waals surface area contributed by atoms with E-state index in [4.69, 9.17) is 0 Å². The first-order valence-electron chi connectivity index (χ1n) is 2.60. The monoisotopic (exact) mass is 141 g/mol. The van der Waals surface area contributed by atoms with Gasteiger partial charge in [0.05, 0.1) is 5.71 Å². The Hall–Kier alpha value is -0.700. The van der Waals surface area contributed by atoms with Crippen LogP contribution in [0.5, 0.6) is 0 Å². The molecule has 9 heavy (non-hydrogen) atoms. The van der Waals surface area contributed by atoms with Gasteiger partial charge in [0.1, 0.15) is 0 Å². The second-order valence-corrected chi connectivity index (χ2v) is 2.66. The van der Waals surface area contributed by atoms with Crippen molar-refractivity contribution in [1.29, 1.82) is 0 Å². The van der Waals surface area contributed by atoms with Gasteiger partial charge in [-0.15, -0.1) is 6.58 Å². The fourth-order valence-electron chi connectivity index (χ4n) is 0.566. The van der Waals surface area contributed by atoms with E-state index in [1.54, 1.807) is 17.6 Å².